The molecule has 2 aromatic rings. The molecule has 4 N–H and O–H groups in total. The van der Waals surface area contributed by atoms with Gasteiger partial charge in [-0.15, -0.1) is 0 Å². The summed E-state index contributed by atoms with van der Waals surface area (Å²) in [5, 5.41) is 32.5. The first-order valence-electron chi connectivity index (χ1n) is 9.82. The Morgan fingerprint density at radius 3 is 2.06 bits per heavy atom. The van der Waals surface area contributed by atoms with Crippen molar-refractivity contribution in [2.45, 2.75) is 37.5 Å². The van der Waals surface area contributed by atoms with Gasteiger partial charge in [-0.3, -0.25) is 0 Å². The molecular weight excluding hydrogens is 447 g/mol. The fourth-order valence-electron chi connectivity index (χ4n) is 3.13. The number of hydrogen-bond acceptors (Lipinski definition) is 6. The Hall–Kier alpha value is -3.15. The lowest BCUT2D eigenvalue weighted by molar-refractivity contribution is -0.165. The van der Waals surface area contributed by atoms with Crippen LogP contribution >= 0.6 is 0 Å². The first-order chi connectivity index (χ1) is 15.4. The molecule has 0 radical (unpaired) electrons. The number of alkyl halides is 3. The Kier molecular flexibility index (Phi) is 8.80. The van der Waals surface area contributed by atoms with E-state index in [2.05, 4.69) is 18.0 Å². The van der Waals surface area contributed by atoms with Gasteiger partial charge in [0.1, 0.15) is 11.9 Å². The number of benzene rings is 2. The molecule has 1 aliphatic heterocycles. The van der Waals surface area contributed by atoms with Crippen molar-refractivity contribution in [1.29, 1.82) is 0 Å². The van der Waals surface area contributed by atoms with Crippen LogP contribution in [0.25, 0.3) is 0 Å². The van der Waals surface area contributed by atoms with E-state index in [0.717, 1.165) is 37.2 Å². The number of ether oxygens (including phenoxy) is 1. The molecular formula is C22H24F3NO7. The van der Waals surface area contributed by atoms with E-state index in [4.69, 9.17) is 25.2 Å². The number of aliphatic hydroxyl groups excluding tert-OH is 2. The summed E-state index contributed by atoms with van der Waals surface area (Å²) in [6, 6.07) is 13.0. The second-order valence-corrected chi connectivity index (χ2v) is 7.42. The average Bonchev–Trinajstić information content (AvgIpc) is 2.91. The van der Waals surface area contributed by atoms with Crippen LogP contribution in [0, 0.1) is 0 Å². The highest BCUT2D eigenvalue weighted by atomic mass is 19.4. The fourth-order valence-corrected chi connectivity index (χ4v) is 3.13. The van der Waals surface area contributed by atoms with Gasteiger partial charge in [-0.25, -0.2) is 9.59 Å². The molecule has 0 fully saturated rings. The second-order valence-electron chi connectivity index (χ2n) is 7.42. The van der Waals surface area contributed by atoms with E-state index in [1.807, 2.05) is 18.2 Å². The molecule has 1 aliphatic rings. The van der Waals surface area contributed by atoms with Crippen LogP contribution in [-0.2, 0) is 22.3 Å². The summed E-state index contributed by atoms with van der Waals surface area (Å²) in [6.45, 7) is 1.73. The number of rotatable bonds is 5. The molecule has 0 aliphatic carbocycles. The van der Waals surface area contributed by atoms with Gasteiger partial charge in [0.15, 0.2) is 12.2 Å². The molecule has 3 unspecified atom stereocenters. The Bertz CT molecular complexity index is 932. The van der Waals surface area contributed by atoms with E-state index in [-0.39, 0.29) is 6.10 Å². The molecule has 3 atom stereocenters. The average molecular weight is 471 g/mol. The molecule has 180 valence electrons. The summed E-state index contributed by atoms with van der Waals surface area (Å²) < 4.78 is 43.9. The number of carboxylic acids is 2. The molecule has 1 heterocycles. The SMILES string of the molecule is CN1CCC(Oc2ccc(C(F)(F)F)cc2)c2ccccc2C1.O=C(O)C(O)C(O)C(=O)O. The van der Waals surface area contributed by atoms with Crippen LogP contribution in [0.15, 0.2) is 48.5 Å². The van der Waals surface area contributed by atoms with Crippen molar-refractivity contribution >= 4 is 11.9 Å². The van der Waals surface area contributed by atoms with Crippen LogP contribution in [0.5, 0.6) is 5.75 Å². The van der Waals surface area contributed by atoms with E-state index < -0.39 is 35.9 Å². The summed E-state index contributed by atoms with van der Waals surface area (Å²) in [5.74, 6) is -3.08. The van der Waals surface area contributed by atoms with Crippen molar-refractivity contribution in [3.05, 3.63) is 65.2 Å². The molecule has 0 saturated carbocycles. The lowest BCUT2D eigenvalue weighted by atomic mass is 10.0. The van der Waals surface area contributed by atoms with Crippen LogP contribution in [0.2, 0.25) is 0 Å². The van der Waals surface area contributed by atoms with E-state index in [0.29, 0.717) is 5.75 Å². The lowest BCUT2D eigenvalue weighted by Crippen LogP contribution is -2.39. The minimum absolute atomic E-state index is 0.145. The predicted octanol–water partition coefficient (Wildman–Crippen LogP) is 2.54. The molecule has 0 aromatic heterocycles. The van der Waals surface area contributed by atoms with Crippen LogP contribution in [-0.4, -0.2) is 63.1 Å². The molecule has 8 nitrogen and oxygen atoms in total. The molecule has 33 heavy (non-hydrogen) atoms. The monoisotopic (exact) mass is 471 g/mol. The Labute approximate surface area is 187 Å². The molecule has 0 amide bonds. The third kappa shape index (κ3) is 7.45. The van der Waals surface area contributed by atoms with E-state index in [1.165, 1.54) is 17.7 Å². The number of hydrogen-bond donors (Lipinski definition) is 4. The standard InChI is InChI=1S/C18H18F3NO.C4H6O6/c1-22-11-10-17(16-5-3-2-4-13(16)12-22)23-15-8-6-14(7-9-15)18(19,20)21;5-1(3(7)8)2(6)4(9)10/h2-9,17H,10-12H2,1H3;1-2,5-6H,(H,7,8)(H,9,10). The van der Waals surface area contributed by atoms with Crippen molar-refractivity contribution < 1.29 is 47.9 Å². The maximum absolute atomic E-state index is 12.6. The zero-order valence-electron chi connectivity index (χ0n) is 17.6. The van der Waals surface area contributed by atoms with Gasteiger partial charge in [-0.05, 0) is 42.4 Å². The summed E-state index contributed by atoms with van der Waals surface area (Å²) in [4.78, 5) is 21.8. The summed E-state index contributed by atoms with van der Waals surface area (Å²) in [7, 11) is 2.05. The van der Waals surface area contributed by atoms with Gasteiger partial charge < -0.3 is 30.1 Å². The van der Waals surface area contributed by atoms with Crippen LogP contribution < -0.4 is 4.74 Å². The maximum Gasteiger partial charge on any atom is 0.416 e. The maximum atomic E-state index is 12.6. The number of fused-ring (bicyclic) bond motifs is 1. The van der Waals surface area contributed by atoms with Crippen molar-refractivity contribution in [2.24, 2.45) is 0 Å². The van der Waals surface area contributed by atoms with Gasteiger partial charge >= 0.3 is 18.1 Å². The Morgan fingerprint density at radius 2 is 1.55 bits per heavy atom. The van der Waals surface area contributed by atoms with Gasteiger partial charge in [-0.2, -0.15) is 13.2 Å². The summed E-state index contributed by atoms with van der Waals surface area (Å²) >= 11 is 0. The molecule has 3 rings (SSSR count). The first-order valence-corrected chi connectivity index (χ1v) is 9.82. The largest absolute Gasteiger partial charge is 0.486 e. The van der Waals surface area contributed by atoms with Crippen molar-refractivity contribution in [3.8, 4) is 5.75 Å². The number of aliphatic hydroxyl groups is 2. The van der Waals surface area contributed by atoms with Crippen LogP contribution in [0.3, 0.4) is 0 Å². The lowest BCUT2D eigenvalue weighted by Gasteiger charge is -2.20. The molecule has 2 aromatic carbocycles. The molecule has 11 heteroatoms. The third-order valence-electron chi connectivity index (χ3n) is 4.88. The molecule has 0 saturated heterocycles. The van der Waals surface area contributed by atoms with Crippen molar-refractivity contribution in [2.75, 3.05) is 13.6 Å². The van der Waals surface area contributed by atoms with Gasteiger partial charge in [-0.1, -0.05) is 24.3 Å². The van der Waals surface area contributed by atoms with Crippen molar-refractivity contribution in [1.82, 2.24) is 4.90 Å². The van der Waals surface area contributed by atoms with E-state index >= 15 is 0 Å². The summed E-state index contributed by atoms with van der Waals surface area (Å²) in [6.07, 6.45) is -8.20. The zero-order chi connectivity index (χ0) is 24.8. The highest BCUT2D eigenvalue weighted by Gasteiger charge is 2.31. The van der Waals surface area contributed by atoms with E-state index in [1.54, 1.807) is 0 Å². The minimum Gasteiger partial charge on any atom is -0.486 e. The van der Waals surface area contributed by atoms with E-state index in [9.17, 15) is 22.8 Å². The highest BCUT2D eigenvalue weighted by Crippen LogP contribution is 2.33. The molecule has 0 spiro atoms. The predicted molar refractivity (Wildman–Crippen MR) is 109 cm³/mol. The fraction of sp³-hybridized carbons (Fsp3) is 0.364. The quantitative estimate of drug-likeness (QED) is 0.524. The minimum atomic E-state index is -4.32. The Balaban J connectivity index is 0.000000328. The van der Waals surface area contributed by atoms with Crippen LogP contribution in [0.4, 0.5) is 13.2 Å². The van der Waals surface area contributed by atoms with Gasteiger partial charge in [0.25, 0.3) is 0 Å². The van der Waals surface area contributed by atoms with Gasteiger partial charge in [0.2, 0.25) is 0 Å². The topological polar surface area (TPSA) is 128 Å². The third-order valence-corrected chi connectivity index (χ3v) is 4.88. The highest BCUT2D eigenvalue weighted by molar-refractivity contribution is 5.83. The number of nitrogens with zero attached hydrogens (tertiary/aromatic N) is 1. The van der Waals surface area contributed by atoms with Gasteiger partial charge in [0.05, 0.1) is 5.56 Å². The smallest absolute Gasteiger partial charge is 0.416 e. The number of carbonyl (C=O) groups is 2. The Morgan fingerprint density at radius 1 is 1.00 bits per heavy atom. The zero-order valence-corrected chi connectivity index (χ0v) is 17.6. The first kappa shape index (κ1) is 26.1. The summed E-state index contributed by atoms with van der Waals surface area (Å²) in [5.41, 5.74) is 1.65. The van der Waals surface area contributed by atoms with Crippen molar-refractivity contribution in [3.63, 3.8) is 0 Å². The normalized spacial score (nSPS) is 18.1. The molecule has 0 bridgehead atoms. The van der Waals surface area contributed by atoms with Gasteiger partial charge in [0, 0.05) is 19.5 Å². The second kappa shape index (κ2) is 11.1. The van der Waals surface area contributed by atoms with Crippen LogP contribution in [0.1, 0.15) is 29.2 Å². The number of carboxylic acid groups (broad SMARTS) is 2. The number of aliphatic carboxylic acids is 2. The number of halogens is 3.